The highest BCUT2D eigenvalue weighted by Gasteiger charge is 2.25. The number of hydrogen-bond acceptors (Lipinski definition) is 3. The number of amides is 1. The largest absolute Gasteiger partial charge is 0.489 e. The summed E-state index contributed by atoms with van der Waals surface area (Å²) in [7, 11) is 1.97. The Hall–Kier alpha value is -2.04. The van der Waals surface area contributed by atoms with Crippen molar-refractivity contribution in [1.82, 2.24) is 10.2 Å². The van der Waals surface area contributed by atoms with E-state index in [1.54, 1.807) is 0 Å². The fourth-order valence-corrected chi connectivity index (χ4v) is 3.51. The lowest BCUT2D eigenvalue weighted by Crippen LogP contribution is -2.31. The number of nitrogens with one attached hydrogen (secondary N) is 1. The summed E-state index contributed by atoms with van der Waals surface area (Å²) in [4.78, 5) is 14.5. The number of halogens is 1. The number of benzene rings is 2. The molecule has 1 aliphatic rings. The van der Waals surface area contributed by atoms with Crippen molar-refractivity contribution in [2.24, 2.45) is 5.92 Å². The highest BCUT2D eigenvalue weighted by Crippen LogP contribution is 2.19. The molecule has 0 saturated carbocycles. The highest BCUT2D eigenvalue weighted by atomic mass is 35.5. The van der Waals surface area contributed by atoms with Crippen LogP contribution in [0.2, 0.25) is 0 Å². The number of aryl methyl sites for hydroxylation is 1. The molecule has 2 aromatic rings. The molecule has 4 nitrogen and oxygen atoms in total. The lowest BCUT2D eigenvalue weighted by Gasteiger charge is -2.17. The quantitative estimate of drug-likeness (QED) is 0.787. The SMILES string of the molecule is CNCC1CCN(C(=O)Cc2cccc(OCc3cccc(C)c3)c2)C1.Cl. The van der Waals surface area contributed by atoms with Crippen LogP contribution in [-0.2, 0) is 17.8 Å². The van der Waals surface area contributed by atoms with E-state index in [1.165, 1.54) is 5.56 Å². The molecule has 2 aromatic carbocycles. The lowest BCUT2D eigenvalue weighted by atomic mass is 10.1. The van der Waals surface area contributed by atoms with Crippen LogP contribution in [0.3, 0.4) is 0 Å². The average molecular weight is 389 g/mol. The number of likely N-dealkylation sites (tertiary alicyclic amines) is 1. The van der Waals surface area contributed by atoms with Crippen molar-refractivity contribution in [2.45, 2.75) is 26.4 Å². The first kappa shape index (κ1) is 21.3. The van der Waals surface area contributed by atoms with E-state index in [0.29, 0.717) is 18.9 Å². The Labute approximate surface area is 168 Å². The van der Waals surface area contributed by atoms with Gasteiger partial charge in [-0.1, -0.05) is 42.0 Å². The summed E-state index contributed by atoms with van der Waals surface area (Å²) in [5.74, 6) is 1.60. The first-order chi connectivity index (χ1) is 12.6. The molecular formula is C22H29ClN2O2. The molecule has 0 aliphatic carbocycles. The van der Waals surface area contributed by atoms with Crippen LogP contribution in [0, 0.1) is 12.8 Å². The van der Waals surface area contributed by atoms with Crippen molar-refractivity contribution in [3.8, 4) is 5.75 Å². The lowest BCUT2D eigenvalue weighted by molar-refractivity contribution is -0.129. The minimum atomic E-state index is 0. The minimum absolute atomic E-state index is 0. The standard InChI is InChI=1S/C22H28N2O2.ClH/c1-17-5-3-7-19(11-17)16-26-21-8-4-6-18(12-21)13-22(25)24-10-9-20(15-24)14-23-2;/h3-8,11-12,20,23H,9-10,13-16H2,1-2H3;1H. The van der Waals surface area contributed by atoms with E-state index < -0.39 is 0 Å². The third-order valence-electron chi connectivity index (χ3n) is 4.87. The third kappa shape index (κ3) is 6.26. The Kier molecular flexibility index (Phi) is 8.14. The Bertz CT molecular complexity index is 751. The summed E-state index contributed by atoms with van der Waals surface area (Å²) in [6.45, 7) is 5.33. The zero-order valence-electron chi connectivity index (χ0n) is 16.1. The summed E-state index contributed by atoms with van der Waals surface area (Å²) in [6, 6.07) is 16.2. The van der Waals surface area contributed by atoms with Gasteiger partial charge >= 0.3 is 0 Å². The Morgan fingerprint density at radius 3 is 2.74 bits per heavy atom. The van der Waals surface area contributed by atoms with Crippen molar-refractivity contribution in [1.29, 1.82) is 0 Å². The fraction of sp³-hybridized carbons (Fsp3) is 0.409. The maximum Gasteiger partial charge on any atom is 0.227 e. The summed E-state index contributed by atoms with van der Waals surface area (Å²) in [5, 5.41) is 3.20. The first-order valence-electron chi connectivity index (χ1n) is 9.33. The number of ether oxygens (including phenoxy) is 1. The molecule has 1 aliphatic heterocycles. The predicted octanol–water partition coefficient (Wildman–Crippen LogP) is 3.61. The second kappa shape index (κ2) is 10.3. The monoisotopic (exact) mass is 388 g/mol. The van der Waals surface area contributed by atoms with Gasteiger partial charge in [-0.25, -0.2) is 0 Å². The van der Waals surface area contributed by atoms with Crippen LogP contribution in [0.4, 0.5) is 0 Å². The van der Waals surface area contributed by atoms with Crippen LogP contribution >= 0.6 is 12.4 Å². The van der Waals surface area contributed by atoms with Gasteiger partial charge in [-0.05, 0) is 56.1 Å². The molecule has 27 heavy (non-hydrogen) atoms. The van der Waals surface area contributed by atoms with Crippen molar-refractivity contribution >= 4 is 18.3 Å². The summed E-state index contributed by atoms with van der Waals surface area (Å²) in [5.41, 5.74) is 3.39. The van der Waals surface area contributed by atoms with E-state index in [4.69, 9.17) is 4.74 Å². The van der Waals surface area contributed by atoms with E-state index in [-0.39, 0.29) is 18.3 Å². The molecule has 1 amide bonds. The molecule has 0 bridgehead atoms. The van der Waals surface area contributed by atoms with Crippen molar-refractivity contribution < 1.29 is 9.53 Å². The van der Waals surface area contributed by atoms with Gasteiger partial charge in [-0.2, -0.15) is 0 Å². The fourth-order valence-electron chi connectivity index (χ4n) is 3.51. The number of carbonyl (C=O) groups excluding carboxylic acids is 1. The van der Waals surface area contributed by atoms with Crippen LogP contribution in [0.15, 0.2) is 48.5 Å². The molecule has 0 spiro atoms. The van der Waals surface area contributed by atoms with Crippen molar-refractivity contribution in [3.05, 3.63) is 65.2 Å². The van der Waals surface area contributed by atoms with Gasteiger partial charge < -0.3 is 15.0 Å². The van der Waals surface area contributed by atoms with Gasteiger partial charge in [0.15, 0.2) is 0 Å². The molecule has 1 fully saturated rings. The number of rotatable bonds is 7. The smallest absolute Gasteiger partial charge is 0.227 e. The van der Waals surface area contributed by atoms with Crippen LogP contribution < -0.4 is 10.1 Å². The Balaban J connectivity index is 0.00000261. The van der Waals surface area contributed by atoms with Crippen molar-refractivity contribution in [3.63, 3.8) is 0 Å². The van der Waals surface area contributed by atoms with Crippen LogP contribution in [0.1, 0.15) is 23.1 Å². The molecule has 5 heteroatoms. The number of nitrogens with zero attached hydrogens (tertiary/aromatic N) is 1. The predicted molar refractivity (Wildman–Crippen MR) is 112 cm³/mol. The molecule has 146 valence electrons. The number of hydrogen-bond donors (Lipinski definition) is 1. The Morgan fingerprint density at radius 2 is 1.96 bits per heavy atom. The number of carbonyl (C=O) groups is 1. The molecule has 3 rings (SSSR count). The molecular weight excluding hydrogens is 360 g/mol. The molecule has 1 unspecified atom stereocenters. The summed E-state index contributed by atoms with van der Waals surface area (Å²) < 4.78 is 5.91. The highest BCUT2D eigenvalue weighted by molar-refractivity contribution is 5.85. The van der Waals surface area contributed by atoms with Crippen LogP contribution in [-0.4, -0.2) is 37.5 Å². The van der Waals surface area contributed by atoms with E-state index >= 15 is 0 Å². The minimum Gasteiger partial charge on any atom is -0.489 e. The maximum atomic E-state index is 12.6. The molecule has 1 atom stereocenters. The maximum absolute atomic E-state index is 12.6. The van der Waals surface area contributed by atoms with Gasteiger partial charge in [0.05, 0.1) is 6.42 Å². The second-order valence-corrected chi connectivity index (χ2v) is 7.15. The van der Waals surface area contributed by atoms with Gasteiger partial charge in [0, 0.05) is 13.1 Å². The molecule has 0 radical (unpaired) electrons. The zero-order chi connectivity index (χ0) is 18.4. The van der Waals surface area contributed by atoms with Gasteiger partial charge in [-0.3, -0.25) is 4.79 Å². The molecule has 0 aromatic heterocycles. The van der Waals surface area contributed by atoms with E-state index in [0.717, 1.165) is 42.9 Å². The second-order valence-electron chi connectivity index (χ2n) is 7.15. The summed E-state index contributed by atoms with van der Waals surface area (Å²) >= 11 is 0. The molecule has 1 saturated heterocycles. The topological polar surface area (TPSA) is 41.6 Å². The van der Waals surface area contributed by atoms with Crippen molar-refractivity contribution in [2.75, 3.05) is 26.7 Å². The zero-order valence-corrected chi connectivity index (χ0v) is 16.9. The van der Waals surface area contributed by atoms with E-state index in [2.05, 4.69) is 30.4 Å². The molecule has 1 N–H and O–H groups in total. The first-order valence-corrected chi connectivity index (χ1v) is 9.33. The van der Waals surface area contributed by atoms with Crippen LogP contribution in [0.5, 0.6) is 5.75 Å². The average Bonchev–Trinajstić information content (AvgIpc) is 3.10. The third-order valence-corrected chi connectivity index (χ3v) is 4.87. The normalized spacial score (nSPS) is 16.1. The van der Waals surface area contributed by atoms with E-state index in [1.807, 2.05) is 42.3 Å². The molecule has 1 heterocycles. The van der Waals surface area contributed by atoms with Gasteiger partial charge in [0.25, 0.3) is 0 Å². The van der Waals surface area contributed by atoms with Gasteiger partial charge in [0.2, 0.25) is 5.91 Å². The van der Waals surface area contributed by atoms with Crippen LogP contribution in [0.25, 0.3) is 0 Å². The Morgan fingerprint density at radius 1 is 1.19 bits per heavy atom. The van der Waals surface area contributed by atoms with Gasteiger partial charge in [0.1, 0.15) is 12.4 Å². The van der Waals surface area contributed by atoms with E-state index in [9.17, 15) is 4.79 Å². The van der Waals surface area contributed by atoms with Gasteiger partial charge in [-0.15, -0.1) is 12.4 Å². The summed E-state index contributed by atoms with van der Waals surface area (Å²) in [6.07, 6.45) is 1.53.